The standard InChI is InChI=1S/C22H32N4O/c1-17-12-18(2)15-26(14-17)22(27)19(3)25-10-8-24(9-11-25)16-21-6-4-20(13-23)5-7-21/h4-7,17-19H,8-12,14-16H2,1-3H3/t17-,18-,19-/m1/s1. The van der Waals surface area contributed by atoms with Crippen molar-refractivity contribution in [1.82, 2.24) is 14.7 Å². The summed E-state index contributed by atoms with van der Waals surface area (Å²) in [7, 11) is 0. The van der Waals surface area contributed by atoms with E-state index in [2.05, 4.69) is 41.5 Å². The summed E-state index contributed by atoms with van der Waals surface area (Å²) in [4.78, 5) is 19.8. The van der Waals surface area contributed by atoms with Crippen LogP contribution in [0.25, 0.3) is 0 Å². The summed E-state index contributed by atoms with van der Waals surface area (Å²) in [6.45, 7) is 13.1. The third-order valence-corrected chi connectivity index (χ3v) is 5.98. The van der Waals surface area contributed by atoms with Gasteiger partial charge in [0.25, 0.3) is 0 Å². The minimum atomic E-state index is -0.0282. The molecule has 2 aliphatic heterocycles. The van der Waals surface area contributed by atoms with Gasteiger partial charge in [0.2, 0.25) is 5.91 Å². The van der Waals surface area contributed by atoms with Gasteiger partial charge < -0.3 is 4.90 Å². The van der Waals surface area contributed by atoms with Gasteiger partial charge in [-0.3, -0.25) is 14.6 Å². The Balaban J connectivity index is 1.49. The topological polar surface area (TPSA) is 50.6 Å². The predicted molar refractivity (Wildman–Crippen MR) is 107 cm³/mol. The molecule has 5 nitrogen and oxygen atoms in total. The Morgan fingerprint density at radius 2 is 1.70 bits per heavy atom. The summed E-state index contributed by atoms with van der Waals surface area (Å²) in [5.41, 5.74) is 1.94. The number of nitriles is 1. The van der Waals surface area contributed by atoms with Crippen LogP contribution in [-0.2, 0) is 11.3 Å². The van der Waals surface area contributed by atoms with Crippen LogP contribution in [0.2, 0.25) is 0 Å². The molecule has 2 fully saturated rings. The summed E-state index contributed by atoms with van der Waals surface area (Å²) in [6.07, 6.45) is 1.23. The first-order valence-corrected chi connectivity index (χ1v) is 10.2. The Hall–Kier alpha value is -1.90. The molecule has 0 aliphatic carbocycles. The van der Waals surface area contributed by atoms with Crippen LogP contribution >= 0.6 is 0 Å². The zero-order valence-electron chi connectivity index (χ0n) is 16.9. The Morgan fingerprint density at radius 1 is 1.11 bits per heavy atom. The highest BCUT2D eigenvalue weighted by atomic mass is 16.2. The van der Waals surface area contributed by atoms with Crippen molar-refractivity contribution >= 4 is 5.91 Å². The second-order valence-electron chi connectivity index (χ2n) is 8.49. The largest absolute Gasteiger partial charge is 0.341 e. The van der Waals surface area contributed by atoms with Gasteiger partial charge in [-0.25, -0.2) is 0 Å². The van der Waals surface area contributed by atoms with E-state index >= 15 is 0 Å². The molecule has 146 valence electrons. The maximum atomic E-state index is 13.0. The molecule has 0 radical (unpaired) electrons. The second-order valence-corrected chi connectivity index (χ2v) is 8.49. The summed E-state index contributed by atoms with van der Waals surface area (Å²) in [5, 5.41) is 8.90. The molecule has 5 heteroatoms. The van der Waals surface area contributed by atoms with Crippen molar-refractivity contribution in [2.24, 2.45) is 11.8 Å². The Bertz CT molecular complexity index is 663. The number of benzene rings is 1. The van der Waals surface area contributed by atoms with Crippen LogP contribution in [0.4, 0.5) is 0 Å². The molecule has 0 unspecified atom stereocenters. The van der Waals surface area contributed by atoms with Gasteiger partial charge in [-0.2, -0.15) is 5.26 Å². The lowest BCUT2D eigenvalue weighted by Crippen LogP contribution is -2.56. The van der Waals surface area contributed by atoms with E-state index < -0.39 is 0 Å². The van der Waals surface area contributed by atoms with Crippen molar-refractivity contribution in [3.63, 3.8) is 0 Å². The fourth-order valence-electron chi connectivity index (χ4n) is 4.51. The average molecular weight is 369 g/mol. The Kier molecular flexibility index (Phi) is 6.51. The molecule has 1 amide bonds. The van der Waals surface area contributed by atoms with E-state index in [9.17, 15) is 4.79 Å². The number of piperidine rings is 1. The third kappa shape index (κ3) is 5.09. The minimum Gasteiger partial charge on any atom is -0.341 e. The molecule has 2 aliphatic rings. The molecule has 2 saturated heterocycles. The summed E-state index contributed by atoms with van der Waals surface area (Å²) in [6, 6.07) is 9.97. The van der Waals surface area contributed by atoms with Crippen molar-refractivity contribution in [3.8, 4) is 6.07 Å². The van der Waals surface area contributed by atoms with E-state index in [1.165, 1.54) is 12.0 Å². The van der Waals surface area contributed by atoms with Gasteiger partial charge in [-0.05, 0) is 42.9 Å². The normalized spacial score (nSPS) is 25.8. The third-order valence-electron chi connectivity index (χ3n) is 5.98. The van der Waals surface area contributed by atoms with Crippen molar-refractivity contribution < 1.29 is 4.79 Å². The van der Waals surface area contributed by atoms with Gasteiger partial charge in [-0.1, -0.05) is 26.0 Å². The Morgan fingerprint density at radius 3 is 2.26 bits per heavy atom. The molecule has 2 heterocycles. The fraction of sp³-hybridized carbons (Fsp3) is 0.636. The monoisotopic (exact) mass is 368 g/mol. The van der Waals surface area contributed by atoms with Gasteiger partial charge >= 0.3 is 0 Å². The smallest absolute Gasteiger partial charge is 0.239 e. The van der Waals surface area contributed by atoms with Crippen molar-refractivity contribution in [1.29, 1.82) is 5.26 Å². The Labute approximate surface area is 163 Å². The highest BCUT2D eigenvalue weighted by Crippen LogP contribution is 2.22. The van der Waals surface area contributed by atoms with Crippen molar-refractivity contribution in [3.05, 3.63) is 35.4 Å². The number of hydrogen-bond donors (Lipinski definition) is 0. The highest BCUT2D eigenvalue weighted by molar-refractivity contribution is 5.81. The van der Waals surface area contributed by atoms with Crippen LogP contribution in [-0.4, -0.2) is 65.9 Å². The zero-order valence-corrected chi connectivity index (χ0v) is 16.9. The molecule has 3 atom stereocenters. The molecular formula is C22H32N4O. The average Bonchev–Trinajstić information content (AvgIpc) is 2.67. The molecule has 0 N–H and O–H groups in total. The number of carbonyl (C=O) groups is 1. The zero-order chi connectivity index (χ0) is 19.4. The van der Waals surface area contributed by atoms with Crippen LogP contribution in [0.15, 0.2) is 24.3 Å². The first-order valence-electron chi connectivity index (χ1n) is 10.2. The number of hydrogen-bond acceptors (Lipinski definition) is 4. The number of nitrogens with zero attached hydrogens (tertiary/aromatic N) is 4. The number of carbonyl (C=O) groups excluding carboxylic acids is 1. The molecule has 3 rings (SSSR count). The molecule has 0 bridgehead atoms. The minimum absolute atomic E-state index is 0.0282. The van der Waals surface area contributed by atoms with E-state index in [4.69, 9.17) is 5.26 Å². The van der Waals surface area contributed by atoms with Crippen LogP contribution in [0.1, 0.15) is 38.3 Å². The maximum Gasteiger partial charge on any atom is 0.239 e. The van der Waals surface area contributed by atoms with Gasteiger partial charge in [0.05, 0.1) is 17.7 Å². The molecule has 1 aromatic rings. The maximum absolute atomic E-state index is 13.0. The van der Waals surface area contributed by atoms with Crippen molar-refractivity contribution in [2.75, 3.05) is 39.3 Å². The molecule has 0 spiro atoms. The summed E-state index contributed by atoms with van der Waals surface area (Å²) >= 11 is 0. The summed E-state index contributed by atoms with van der Waals surface area (Å²) < 4.78 is 0. The molecule has 0 aromatic heterocycles. The van der Waals surface area contributed by atoms with Crippen molar-refractivity contribution in [2.45, 2.75) is 39.8 Å². The molecule has 27 heavy (non-hydrogen) atoms. The van der Waals surface area contributed by atoms with E-state index in [1.54, 1.807) is 0 Å². The number of piperazine rings is 1. The van der Waals surface area contributed by atoms with Crippen LogP contribution in [0.3, 0.4) is 0 Å². The SMILES string of the molecule is C[C@@H]1C[C@@H](C)CN(C(=O)[C@@H](C)N2CCN(Cc3ccc(C#N)cc3)CC2)C1. The lowest BCUT2D eigenvalue weighted by atomic mass is 9.91. The van der Waals surface area contributed by atoms with Crippen LogP contribution in [0.5, 0.6) is 0 Å². The van der Waals surface area contributed by atoms with E-state index in [1.807, 2.05) is 24.3 Å². The van der Waals surface area contributed by atoms with Gasteiger partial charge in [-0.15, -0.1) is 0 Å². The molecular weight excluding hydrogens is 336 g/mol. The predicted octanol–water partition coefficient (Wildman–Crippen LogP) is 2.57. The van der Waals surface area contributed by atoms with Gasteiger partial charge in [0.1, 0.15) is 0 Å². The van der Waals surface area contributed by atoms with E-state index in [0.717, 1.165) is 45.8 Å². The van der Waals surface area contributed by atoms with Crippen LogP contribution in [0, 0.1) is 23.2 Å². The number of rotatable bonds is 4. The fourth-order valence-corrected chi connectivity index (χ4v) is 4.51. The lowest BCUT2D eigenvalue weighted by molar-refractivity contribution is -0.139. The number of amides is 1. The van der Waals surface area contributed by atoms with E-state index in [-0.39, 0.29) is 6.04 Å². The quantitative estimate of drug-likeness (QED) is 0.820. The van der Waals surface area contributed by atoms with Crippen LogP contribution < -0.4 is 0 Å². The second kappa shape index (κ2) is 8.86. The lowest BCUT2D eigenvalue weighted by Gasteiger charge is -2.41. The first kappa shape index (κ1) is 19.9. The summed E-state index contributed by atoms with van der Waals surface area (Å²) in [5.74, 6) is 1.51. The molecule has 1 aromatic carbocycles. The molecule has 0 saturated carbocycles. The number of likely N-dealkylation sites (tertiary alicyclic amines) is 1. The van der Waals surface area contributed by atoms with E-state index in [0.29, 0.717) is 23.3 Å². The highest BCUT2D eigenvalue weighted by Gasteiger charge is 2.32. The van der Waals surface area contributed by atoms with Gasteiger partial charge in [0.15, 0.2) is 0 Å². The first-order chi connectivity index (χ1) is 13.0. The van der Waals surface area contributed by atoms with Gasteiger partial charge in [0, 0.05) is 45.8 Å².